The fraction of sp³-hybridized carbons (Fsp3) is 1.00. The Morgan fingerprint density at radius 3 is 2.29 bits per heavy atom. The van der Waals surface area contributed by atoms with Gasteiger partial charge in [0, 0.05) is 32.7 Å². The van der Waals surface area contributed by atoms with Crippen LogP contribution in [0.15, 0.2) is 0 Å². The summed E-state index contributed by atoms with van der Waals surface area (Å²) in [4.78, 5) is 5.33. The van der Waals surface area contributed by atoms with Gasteiger partial charge >= 0.3 is 0 Å². The second kappa shape index (κ2) is 7.34. The summed E-state index contributed by atoms with van der Waals surface area (Å²) in [5.74, 6) is 0.957. The first-order valence-electron chi connectivity index (χ1n) is 7.54. The van der Waals surface area contributed by atoms with Gasteiger partial charge in [-0.15, -0.1) is 0 Å². The minimum absolute atomic E-state index is 0.957. The monoisotopic (exact) mass is 239 g/mol. The molecule has 3 nitrogen and oxygen atoms in total. The van der Waals surface area contributed by atoms with Crippen LogP contribution in [-0.4, -0.2) is 62.2 Å². The maximum atomic E-state index is 3.46. The third kappa shape index (κ3) is 4.57. The van der Waals surface area contributed by atoms with E-state index in [-0.39, 0.29) is 0 Å². The number of nitrogens with zero attached hydrogens (tertiary/aromatic N) is 2. The lowest BCUT2D eigenvalue weighted by Crippen LogP contribution is -2.48. The van der Waals surface area contributed by atoms with Crippen molar-refractivity contribution in [2.75, 3.05) is 52.4 Å². The molecule has 2 heterocycles. The van der Waals surface area contributed by atoms with Gasteiger partial charge in [-0.2, -0.15) is 0 Å². The van der Waals surface area contributed by atoms with E-state index in [0.29, 0.717) is 0 Å². The van der Waals surface area contributed by atoms with Crippen LogP contribution in [0, 0.1) is 5.92 Å². The van der Waals surface area contributed by atoms with Crippen molar-refractivity contribution in [1.29, 1.82) is 0 Å². The average Bonchev–Trinajstić information content (AvgIpc) is 2.39. The summed E-state index contributed by atoms with van der Waals surface area (Å²) in [7, 11) is 0. The Hall–Kier alpha value is -0.120. The van der Waals surface area contributed by atoms with Crippen molar-refractivity contribution in [2.24, 2.45) is 5.92 Å². The molecule has 2 aliphatic rings. The largest absolute Gasteiger partial charge is 0.317 e. The molecule has 0 aromatic carbocycles. The molecule has 1 N–H and O–H groups in total. The first-order valence-corrected chi connectivity index (χ1v) is 7.54. The van der Waals surface area contributed by atoms with Crippen LogP contribution in [0.25, 0.3) is 0 Å². The molecule has 2 rings (SSSR count). The molecule has 17 heavy (non-hydrogen) atoms. The molecule has 0 amide bonds. The number of piperidine rings is 1. The van der Waals surface area contributed by atoms with Crippen LogP contribution >= 0.6 is 0 Å². The van der Waals surface area contributed by atoms with Crippen molar-refractivity contribution < 1.29 is 0 Å². The smallest absolute Gasteiger partial charge is 0.0110 e. The van der Waals surface area contributed by atoms with Gasteiger partial charge in [0.1, 0.15) is 0 Å². The number of unbranched alkanes of at least 4 members (excludes halogenated alkanes) is 1. The molecule has 0 spiro atoms. The molecule has 2 fully saturated rings. The van der Waals surface area contributed by atoms with Crippen molar-refractivity contribution in [3.8, 4) is 0 Å². The lowest BCUT2D eigenvalue weighted by Gasteiger charge is -2.37. The van der Waals surface area contributed by atoms with E-state index in [2.05, 4.69) is 22.0 Å². The number of piperazine rings is 1. The maximum Gasteiger partial charge on any atom is 0.0110 e. The molecule has 100 valence electrons. The summed E-state index contributed by atoms with van der Waals surface area (Å²) in [5.41, 5.74) is 0. The van der Waals surface area contributed by atoms with E-state index in [9.17, 15) is 0 Å². The van der Waals surface area contributed by atoms with Crippen LogP contribution in [0.5, 0.6) is 0 Å². The second-order valence-corrected chi connectivity index (χ2v) is 5.69. The lowest BCUT2D eigenvalue weighted by atomic mass is 9.97. The van der Waals surface area contributed by atoms with Crippen molar-refractivity contribution in [1.82, 2.24) is 15.1 Å². The van der Waals surface area contributed by atoms with Gasteiger partial charge < -0.3 is 15.1 Å². The molecule has 0 aromatic heterocycles. The molecule has 2 saturated heterocycles. The van der Waals surface area contributed by atoms with E-state index >= 15 is 0 Å². The summed E-state index contributed by atoms with van der Waals surface area (Å²) < 4.78 is 0. The molecule has 0 atom stereocenters. The Morgan fingerprint density at radius 1 is 1.00 bits per heavy atom. The van der Waals surface area contributed by atoms with Gasteiger partial charge in [-0.05, 0) is 44.8 Å². The van der Waals surface area contributed by atoms with Crippen molar-refractivity contribution in [3.63, 3.8) is 0 Å². The van der Waals surface area contributed by atoms with Crippen LogP contribution in [0.4, 0.5) is 0 Å². The molecule has 2 aliphatic heterocycles. The van der Waals surface area contributed by atoms with Crippen LogP contribution in [-0.2, 0) is 0 Å². The highest BCUT2D eigenvalue weighted by molar-refractivity contribution is 4.77. The second-order valence-electron chi connectivity index (χ2n) is 5.69. The average molecular weight is 239 g/mol. The summed E-state index contributed by atoms with van der Waals surface area (Å²) in [6, 6.07) is 0. The minimum atomic E-state index is 0.957. The third-order valence-corrected chi connectivity index (χ3v) is 4.27. The van der Waals surface area contributed by atoms with Crippen LogP contribution in [0.2, 0.25) is 0 Å². The predicted octanol–water partition coefficient (Wildman–Crippen LogP) is 1.40. The fourth-order valence-corrected chi connectivity index (χ4v) is 3.01. The van der Waals surface area contributed by atoms with Crippen LogP contribution < -0.4 is 5.32 Å². The SMILES string of the molecule is CCCCN1CCN(CC2CCNCC2)CC1. The Kier molecular flexibility index (Phi) is 5.75. The quantitative estimate of drug-likeness (QED) is 0.782. The zero-order valence-corrected chi connectivity index (χ0v) is 11.5. The standard InChI is InChI=1S/C14H29N3/c1-2-3-8-16-9-11-17(12-10-16)13-14-4-6-15-7-5-14/h14-15H,2-13H2,1H3. The number of nitrogens with one attached hydrogen (secondary N) is 1. The van der Waals surface area contributed by atoms with Crippen molar-refractivity contribution in [2.45, 2.75) is 32.6 Å². The van der Waals surface area contributed by atoms with Crippen LogP contribution in [0.1, 0.15) is 32.6 Å². The van der Waals surface area contributed by atoms with Gasteiger partial charge in [0.15, 0.2) is 0 Å². The van der Waals surface area contributed by atoms with Gasteiger partial charge in [0.05, 0.1) is 0 Å². The summed E-state index contributed by atoms with van der Waals surface area (Å²) in [5, 5.41) is 3.46. The van der Waals surface area contributed by atoms with E-state index in [1.807, 2.05) is 0 Å². The van der Waals surface area contributed by atoms with E-state index in [0.717, 1.165) is 5.92 Å². The zero-order chi connectivity index (χ0) is 11.9. The van der Waals surface area contributed by atoms with Gasteiger partial charge in [-0.1, -0.05) is 13.3 Å². The molecular weight excluding hydrogens is 210 g/mol. The summed E-state index contributed by atoms with van der Waals surface area (Å²) in [6.07, 6.45) is 5.47. The van der Waals surface area contributed by atoms with Gasteiger partial charge in [-0.25, -0.2) is 0 Å². The predicted molar refractivity (Wildman–Crippen MR) is 73.4 cm³/mol. The molecule has 0 saturated carbocycles. The van der Waals surface area contributed by atoms with Crippen molar-refractivity contribution in [3.05, 3.63) is 0 Å². The van der Waals surface area contributed by atoms with Gasteiger partial charge in [0.2, 0.25) is 0 Å². The van der Waals surface area contributed by atoms with Gasteiger partial charge in [-0.3, -0.25) is 0 Å². The summed E-state index contributed by atoms with van der Waals surface area (Å²) in [6.45, 7) is 12.6. The normalized spacial score (nSPS) is 25.2. The first-order chi connectivity index (χ1) is 8.38. The highest BCUT2D eigenvalue weighted by Gasteiger charge is 2.20. The lowest BCUT2D eigenvalue weighted by molar-refractivity contribution is 0.110. The molecule has 0 unspecified atom stereocenters. The van der Waals surface area contributed by atoms with E-state index < -0.39 is 0 Å². The maximum absolute atomic E-state index is 3.46. The van der Waals surface area contributed by atoms with E-state index in [1.54, 1.807) is 0 Å². The Balaban J connectivity index is 1.61. The van der Waals surface area contributed by atoms with Gasteiger partial charge in [0.25, 0.3) is 0 Å². The topological polar surface area (TPSA) is 18.5 Å². The molecule has 0 aliphatic carbocycles. The van der Waals surface area contributed by atoms with E-state index in [1.165, 1.54) is 78.0 Å². The molecule has 0 radical (unpaired) electrons. The number of hydrogen-bond acceptors (Lipinski definition) is 3. The first kappa shape index (κ1) is 13.3. The Morgan fingerprint density at radius 2 is 1.65 bits per heavy atom. The van der Waals surface area contributed by atoms with Crippen LogP contribution in [0.3, 0.4) is 0 Å². The fourth-order valence-electron chi connectivity index (χ4n) is 3.01. The van der Waals surface area contributed by atoms with E-state index in [4.69, 9.17) is 0 Å². The number of hydrogen-bond donors (Lipinski definition) is 1. The number of rotatable bonds is 5. The highest BCUT2D eigenvalue weighted by atomic mass is 15.3. The molecule has 0 aromatic rings. The third-order valence-electron chi connectivity index (χ3n) is 4.27. The zero-order valence-electron chi connectivity index (χ0n) is 11.5. The van der Waals surface area contributed by atoms with Crippen molar-refractivity contribution >= 4 is 0 Å². The Labute approximate surface area is 107 Å². The molecular formula is C14H29N3. The minimum Gasteiger partial charge on any atom is -0.317 e. The summed E-state index contributed by atoms with van der Waals surface area (Å²) >= 11 is 0. The molecule has 0 bridgehead atoms. The highest BCUT2D eigenvalue weighted by Crippen LogP contribution is 2.14. The molecule has 3 heteroatoms. The Bertz CT molecular complexity index is 194.